The van der Waals surface area contributed by atoms with Crippen molar-refractivity contribution in [3.05, 3.63) is 155 Å². The third kappa shape index (κ3) is 4.51. The van der Waals surface area contributed by atoms with Crippen LogP contribution in [0.2, 0.25) is 0 Å². The number of hydrogen-bond donors (Lipinski definition) is 0. The van der Waals surface area contributed by atoms with Gasteiger partial charge in [-0.15, -0.1) is 0 Å². The molecule has 0 amide bonds. The second-order valence-electron chi connectivity index (χ2n) is 15.4. The van der Waals surface area contributed by atoms with Gasteiger partial charge in [-0.2, -0.15) is 0 Å². The molecule has 0 heterocycles. The molecule has 0 bridgehead atoms. The van der Waals surface area contributed by atoms with E-state index in [9.17, 15) is 9.59 Å². The molecule has 2 aliphatic carbocycles. The van der Waals surface area contributed by atoms with Crippen molar-refractivity contribution >= 4 is 33.3 Å². The lowest BCUT2D eigenvalue weighted by molar-refractivity contribution is 0.0527. The number of ketones is 1. The molecule has 0 saturated heterocycles. The Morgan fingerprint density at radius 2 is 0.962 bits per heavy atom. The summed E-state index contributed by atoms with van der Waals surface area (Å²) in [5.74, 6) is -0.230. The molecular weight excluding hydrogens is 637 g/mol. The standard InChI is InChI=1S/C49H40O3/c1-7-52-47(51)38-23-17-30-13-9-11-15-35(30)46(38)32-19-22-37-40-27-43-39(26-44(40)49(5,6)42(37)25-32)36-21-18-31(24-41(36)48(43,3)4)45-33(28(2)50)20-16-29-12-8-10-14-34(29)45/h8-27H,7H2,1-6H3. The van der Waals surface area contributed by atoms with E-state index in [2.05, 4.69) is 100 Å². The Morgan fingerprint density at radius 1 is 0.519 bits per heavy atom. The van der Waals surface area contributed by atoms with Crippen molar-refractivity contribution in [3.63, 3.8) is 0 Å². The van der Waals surface area contributed by atoms with E-state index in [4.69, 9.17) is 4.74 Å². The van der Waals surface area contributed by atoms with E-state index in [1.807, 2.05) is 55.5 Å². The first-order valence-corrected chi connectivity index (χ1v) is 18.2. The molecule has 0 atom stereocenters. The third-order valence-corrected chi connectivity index (χ3v) is 11.8. The quantitative estimate of drug-likeness (QED) is 0.135. The van der Waals surface area contributed by atoms with Crippen molar-refractivity contribution in [3.8, 4) is 44.5 Å². The van der Waals surface area contributed by atoms with Crippen LogP contribution >= 0.6 is 0 Å². The largest absolute Gasteiger partial charge is 0.462 e. The lowest BCUT2D eigenvalue weighted by atomic mass is 9.78. The van der Waals surface area contributed by atoms with Crippen molar-refractivity contribution < 1.29 is 14.3 Å². The molecule has 0 aromatic heterocycles. The van der Waals surface area contributed by atoms with Gasteiger partial charge in [-0.05, 0) is 121 Å². The molecule has 0 N–H and O–H groups in total. The van der Waals surface area contributed by atoms with Crippen LogP contribution in [0.1, 0.15) is 84.5 Å². The van der Waals surface area contributed by atoms with Gasteiger partial charge in [0.15, 0.2) is 5.78 Å². The van der Waals surface area contributed by atoms with Crippen LogP contribution in [0.4, 0.5) is 0 Å². The van der Waals surface area contributed by atoms with Crippen LogP contribution in [-0.2, 0) is 15.6 Å². The molecule has 2 aliphatic rings. The summed E-state index contributed by atoms with van der Waals surface area (Å²) in [6.07, 6.45) is 0. The van der Waals surface area contributed by atoms with Crippen molar-refractivity contribution in [1.29, 1.82) is 0 Å². The first-order chi connectivity index (χ1) is 25.0. The van der Waals surface area contributed by atoms with E-state index in [0.29, 0.717) is 12.2 Å². The van der Waals surface area contributed by atoms with Gasteiger partial charge in [-0.25, -0.2) is 4.79 Å². The Balaban J connectivity index is 1.18. The SMILES string of the molecule is CCOC(=O)c1ccc2ccccc2c1-c1ccc2c(c1)C(C)(C)c1cc3c(cc1-2)C(C)(C)c1cc(-c2c(C(C)=O)ccc4ccccc24)ccc1-3. The molecule has 0 aliphatic heterocycles. The van der Waals surface area contributed by atoms with Crippen LogP contribution in [0.5, 0.6) is 0 Å². The highest BCUT2D eigenvalue weighted by Gasteiger charge is 2.42. The molecule has 3 heteroatoms. The zero-order chi connectivity index (χ0) is 36.1. The van der Waals surface area contributed by atoms with Gasteiger partial charge in [-0.1, -0.05) is 119 Å². The number of fused-ring (bicyclic) bond motifs is 8. The number of hydrogen-bond acceptors (Lipinski definition) is 3. The second kappa shape index (κ2) is 11.4. The average Bonchev–Trinajstić information content (AvgIpc) is 3.51. The van der Waals surface area contributed by atoms with Gasteiger partial charge < -0.3 is 4.74 Å². The van der Waals surface area contributed by atoms with Gasteiger partial charge in [0.1, 0.15) is 0 Å². The number of ether oxygens (including phenoxy) is 1. The van der Waals surface area contributed by atoms with Crippen LogP contribution in [0.25, 0.3) is 66.1 Å². The van der Waals surface area contributed by atoms with Gasteiger partial charge in [0.05, 0.1) is 12.2 Å². The Kier molecular flexibility index (Phi) is 7.01. The number of rotatable bonds is 5. The molecule has 0 spiro atoms. The van der Waals surface area contributed by atoms with Crippen LogP contribution in [0.15, 0.2) is 121 Å². The molecule has 0 unspecified atom stereocenters. The highest BCUT2D eigenvalue weighted by molar-refractivity contribution is 6.11. The Bertz CT molecular complexity index is 2690. The smallest absolute Gasteiger partial charge is 0.338 e. The van der Waals surface area contributed by atoms with Gasteiger partial charge in [0.2, 0.25) is 0 Å². The molecule has 3 nitrogen and oxygen atoms in total. The maximum atomic E-state index is 13.3. The predicted molar refractivity (Wildman–Crippen MR) is 213 cm³/mol. The fourth-order valence-electron chi connectivity index (χ4n) is 9.11. The lowest BCUT2D eigenvalue weighted by Crippen LogP contribution is -2.17. The van der Waals surface area contributed by atoms with Gasteiger partial charge in [0, 0.05) is 27.5 Å². The Hall–Kier alpha value is -5.80. The number of benzene rings is 7. The lowest BCUT2D eigenvalue weighted by Gasteiger charge is -2.25. The summed E-state index contributed by atoms with van der Waals surface area (Å²) in [6.45, 7) is 13.1. The summed E-state index contributed by atoms with van der Waals surface area (Å²) < 4.78 is 5.53. The molecule has 0 fully saturated rings. The van der Waals surface area contributed by atoms with Crippen molar-refractivity contribution in [2.24, 2.45) is 0 Å². The molecule has 254 valence electrons. The molecule has 0 radical (unpaired) electrons. The molecule has 9 rings (SSSR count). The molecule has 7 aromatic rings. The topological polar surface area (TPSA) is 43.4 Å². The van der Waals surface area contributed by atoms with Crippen LogP contribution < -0.4 is 0 Å². The summed E-state index contributed by atoms with van der Waals surface area (Å²) >= 11 is 0. The van der Waals surface area contributed by atoms with E-state index in [1.54, 1.807) is 6.92 Å². The fourth-order valence-corrected chi connectivity index (χ4v) is 9.11. The molecule has 7 aromatic carbocycles. The summed E-state index contributed by atoms with van der Waals surface area (Å²) in [6, 6.07) is 42.9. The monoisotopic (exact) mass is 676 g/mol. The van der Waals surface area contributed by atoms with E-state index in [0.717, 1.165) is 49.4 Å². The molecule has 0 saturated carbocycles. The highest BCUT2D eigenvalue weighted by Crippen LogP contribution is 2.57. The van der Waals surface area contributed by atoms with E-state index >= 15 is 0 Å². The minimum Gasteiger partial charge on any atom is -0.462 e. The maximum Gasteiger partial charge on any atom is 0.338 e. The van der Waals surface area contributed by atoms with E-state index in [1.165, 1.54) is 44.5 Å². The van der Waals surface area contributed by atoms with Gasteiger partial charge in [0.25, 0.3) is 0 Å². The number of esters is 1. The molecular formula is C49H40O3. The maximum absolute atomic E-state index is 13.3. The normalized spacial score (nSPS) is 14.5. The minimum atomic E-state index is -0.301. The van der Waals surface area contributed by atoms with E-state index in [-0.39, 0.29) is 22.6 Å². The van der Waals surface area contributed by atoms with Crippen molar-refractivity contribution in [2.45, 2.75) is 52.4 Å². The summed E-state index contributed by atoms with van der Waals surface area (Å²) in [5, 5.41) is 4.35. The Labute approximate surface area is 304 Å². The number of carbonyl (C=O) groups is 2. The predicted octanol–water partition coefficient (Wildman–Crippen LogP) is 12.3. The van der Waals surface area contributed by atoms with Crippen molar-refractivity contribution in [1.82, 2.24) is 0 Å². The van der Waals surface area contributed by atoms with Gasteiger partial charge in [-0.3, -0.25) is 4.79 Å². The second-order valence-corrected chi connectivity index (χ2v) is 15.4. The molecule has 52 heavy (non-hydrogen) atoms. The van der Waals surface area contributed by atoms with E-state index < -0.39 is 0 Å². The van der Waals surface area contributed by atoms with Crippen LogP contribution in [0.3, 0.4) is 0 Å². The van der Waals surface area contributed by atoms with Crippen LogP contribution in [0, 0.1) is 0 Å². The Morgan fingerprint density at radius 3 is 1.44 bits per heavy atom. The number of Topliss-reactive ketones (excluding diaryl/α,β-unsaturated/α-hetero) is 1. The van der Waals surface area contributed by atoms with Crippen LogP contribution in [-0.4, -0.2) is 18.4 Å². The highest BCUT2D eigenvalue weighted by atomic mass is 16.5. The van der Waals surface area contributed by atoms with Gasteiger partial charge >= 0.3 is 5.97 Å². The summed E-state index contributed by atoms with van der Waals surface area (Å²) in [7, 11) is 0. The number of carbonyl (C=O) groups excluding carboxylic acids is 2. The summed E-state index contributed by atoms with van der Waals surface area (Å²) in [5.41, 5.74) is 15.0. The first kappa shape index (κ1) is 32.1. The first-order valence-electron chi connectivity index (χ1n) is 18.2. The zero-order valence-corrected chi connectivity index (χ0v) is 30.5. The minimum absolute atomic E-state index is 0.0712. The third-order valence-electron chi connectivity index (χ3n) is 11.8. The average molecular weight is 677 g/mol. The van der Waals surface area contributed by atoms with Crippen molar-refractivity contribution in [2.75, 3.05) is 6.61 Å². The summed E-state index contributed by atoms with van der Waals surface area (Å²) in [4.78, 5) is 26.2. The zero-order valence-electron chi connectivity index (χ0n) is 30.5. The fraction of sp³-hybridized carbons (Fsp3) is 0.184.